The van der Waals surface area contributed by atoms with E-state index in [0.29, 0.717) is 5.56 Å². The maximum atomic E-state index is 12.3. The molecule has 0 saturated carbocycles. The Bertz CT molecular complexity index is 372. The Hall–Kier alpha value is -1.52. The lowest BCUT2D eigenvalue weighted by Gasteiger charge is -2.06. The summed E-state index contributed by atoms with van der Waals surface area (Å²) in [6, 6.07) is 4.90. The van der Waals surface area contributed by atoms with Gasteiger partial charge < -0.3 is 4.84 Å². The lowest BCUT2D eigenvalue weighted by atomic mass is 10.1. The van der Waals surface area contributed by atoms with Gasteiger partial charge in [-0.15, -0.1) is 0 Å². The quantitative estimate of drug-likeness (QED) is 0.576. The van der Waals surface area contributed by atoms with E-state index in [2.05, 4.69) is 5.16 Å². The summed E-state index contributed by atoms with van der Waals surface area (Å²) in [6.07, 6.45) is -3.17. The van der Waals surface area contributed by atoms with Gasteiger partial charge in [0.15, 0.2) is 0 Å². The van der Waals surface area contributed by atoms with Crippen molar-refractivity contribution in [3.63, 3.8) is 0 Å². The van der Waals surface area contributed by atoms with Gasteiger partial charge in [0, 0.05) is 0 Å². The number of benzene rings is 1. The molecule has 0 aliphatic carbocycles. The van der Waals surface area contributed by atoms with Crippen molar-refractivity contribution in [1.29, 1.82) is 0 Å². The largest absolute Gasteiger partial charge is 0.416 e. The van der Waals surface area contributed by atoms with Crippen LogP contribution >= 0.6 is 0 Å². The molecule has 0 amide bonds. The third-order valence-corrected chi connectivity index (χ3v) is 1.69. The Morgan fingerprint density at radius 2 is 2.00 bits per heavy atom. The molecule has 0 radical (unpaired) electrons. The van der Waals surface area contributed by atoms with Crippen molar-refractivity contribution in [2.24, 2.45) is 5.16 Å². The van der Waals surface area contributed by atoms with Crippen LogP contribution in [0.25, 0.3) is 0 Å². The number of hydrogen-bond acceptors (Lipinski definition) is 2. The van der Waals surface area contributed by atoms with Gasteiger partial charge in [-0.3, -0.25) is 0 Å². The summed E-state index contributed by atoms with van der Waals surface area (Å²) in [5, 5.41) is 3.57. The SMILES string of the molecule is CC(C)ON=Cc1cccc(C(F)(F)F)c1. The first kappa shape index (κ1) is 12.5. The van der Waals surface area contributed by atoms with E-state index in [1.807, 2.05) is 0 Å². The van der Waals surface area contributed by atoms with E-state index in [-0.39, 0.29) is 6.10 Å². The number of alkyl halides is 3. The molecule has 1 rings (SSSR count). The molecule has 0 saturated heterocycles. The van der Waals surface area contributed by atoms with E-state index in [4.69, 9.17) is 4.84 Å². The summed E-state index contributed by atoms with van der Waals surface area (Å²) in [7, 11) is 0. The highest BCUT2D eigenvalue weighted by molar-refractivity contribution is 5.79. The Morgan fingerprint density at radius 1 is 1.31 bits per heavy atom. The van der Waals surface area contributed by atoms with Crippen LogP contribution in [0, 0.1) is 0 Å². The summed E-state index contributed by atoms with van der Waals surface area (Å²) in [4.78, 5) is 4.86. The number of halogens is 3. The van der Waals surface area contributed by atoms with Crippen molar-refractivity contribution < 1.29 is 18.0 Å². The minimum atomic E-state index is -4.33. The van der Waals surface area contributed by atoms with Gasteiger partial charge in [-0.2, -0.15) is 13.2 Å². The smallest absolute Gasteiger partial charge is 0.393 e. The molecule has 0 atom stereocenters. The van der Waals surface area contributed by atoms with Crippen LogP contribution in [0.5, 0.6) is 0 Å². The van der Waals surface area contributed by atoms with E-state index < -0.39 is 11.7 Å². The summed E-state index contributed by atoms with van der Waals surface area (Å²) < 4.78 is 37.0. The maximum Gasteiger partial charge on any atom is 0.416 e. The predicted octanol–water partition coefficient (Wildman–Crippen LogP) is 3.46. The Kier molecular flexibility index (Phi) is 3.93. The molecule has 0 unspecified atom stereocenters. The van der Waals surface area contributed by atoms with Crippen LogP contribution in [0.1, 0.15) is 25.0 Å². The second-order valence-corrected chi connectivity index (χ2v) is 3.51. The van der Waals surface area contributed by atoms with Gasteiger partial charge in [0.1, 0.15) is 6.10 Å². The summed E-state index contributed by atoms with van der Waals surface area (Å²) in [5.41, 5.74) is -0.337. The predicted molar refractivity (Wildman–Crippen MR) is 55.3 cm³/mol. The molecule has 1 aromatic rings. The molecule has 88 valence electrons. The Labute approximate surface area is 91.7 Å². The van der Waals surface area contributed by atoms with Gasteiger partial charge in [-0.25, -0.2) is 0 Å². The summed E-state index contributed by atoms with van der Waals surface area (Å²) in [5.74, 6) is 0. The highest BCUT2D eigenvalue weighted by Gasteiger charge is 2.30. The van der Waals surface area contributed by atoms with Crippen LogP contribution in [0.4, 0.5) is 13.2 Å². The van der Waals surface area contributed by atoms with Gasteiger partial charge in [-0.1, -0.05) is 17.3 Å². The van der Waals surface area contributed by atoms with E-state index in [1.54, 1.807) is 13.8 Å². The average molecular weight is 231 g/mol. The molecule has 0 fully saturated rings. The number of hydrogen-bond donors (Lipinski definition) is 0. The first-order chi connectivity index (χ1) is 7.39. The first-order valence-electron chi connectivity index (χ1n) is 4.76. The van der Waals surface area contributed by atoms with Gasteiger partial charge in [0.25, 0.3) is 0 Å². The second-order valence-electron chi connectivity index (χ2n) is 3.51. The van der Waals surface area contributed by atoms with Gasteiger partial charge >= 0.3 is 6.18 Å². The minimum Gasteiger partial charge on any atom is -0.393 e. The minimum absolute atomic E-state index is 0.0953. The molecular weight excluding hydrogens is 219 g/mol. The molecule has 0 aliphatic rings. The van der Waals surface area contributed by atoms with E-state index in [9.17, 15) is 13.2 Å². The van der Waals surface area contributed by atoms with Crippen molar-refractivity contribution in [3.05, 3.63) is 35.4 Å². The normalized spacial score (nSPS) is 12.4. The lowest BCUT2D eigenvalue weighted by Crippen LogP contribution is -2.05. The fraction of sp³-hybridized carbons (Fsp3) is 0.364. The van der Waals surface area contributed by atoms with Crippen LogP contribution in [-0.4, -0.2) is 12.3 Å². The molecule has 0 aromatic heterocycles. The molecule has 0 heterocycles. The molecule has 5 heteroatoms. The van der Waals surface area contributed by atoms with Crippen molar-refractivity contribution in [1.82, 2.24) is 0 Å². The molecule has 0 aliphatic heterocycles. The van der Waals surface area contributed by atoms with E-state index >= 15 is 0 Å². The topological polar surface area (TPSA) is 21.6 Å². The zero-order valence-electron chi connectivity index (χ0n) is 8.95. The Morgan fingerprint density at radius 3 is 2.56 bits per heavy atom. The number of nitrogens with zero attached hydrogens (tertiary/aromatic N) is 1. The second kappa shape index (κ2) is 5.01. The van der Waals surface area contributed by atoms with Crippen LogP contribution in [0.15, 0.2) is 29.4 Å². The van der Waals surface area contributed by atoms with Crippen molar-refractivity contribution in [2.45, 2.75) is 26.1 Å². The van der Waals surface area contributed by atoms with Crippen LogP contribution in [-0.2, 0) is 11.0 Å². The van der Waals surface area contributed by atoms with Crippen LogP contribution in [0.3, 0.4) is 0 Å². The maximum absolute atomic E-state index is 12.3. The molecular formula is C11H12F3NO. The van der Waals surface area contributed by atoms with Crippen LogP contribution in [0.2, 0.25) is 0 Å². The third-order valence-electron chi connectivity index (χ3n) is 1.69. The number of rotatable bonds is 3. The van der Waals surface area contributed by atoms with Crippen molar-refractivity contribution in [2.75, 3.05) is 0 Å². The van der Waals surface area contributed by atoms with Gasteiger partial charge in [0.2, 0.25) is 0 Å². The van der Waals surface area contributed by atoms with Gasteiger partial charge in [-0.05, 0) is 31.5 Å². The fourth-order valence-corrected chi connectivity index (χ4v) is 1.01. The zero-order valence-corrected chi connectivity index (χ0v) is 8.95. The highest BCUT2D eigenvalue weighted by atomic mass is 19.4. The first-order valence-corrected chi connectivity index (χ1v) is 4.76. The monoisotopic (exact) mass is 231 g/mol. The molecule has 1 aromatic carbocycles. The zero-order chi connectivity index (χ0) is 12.2. The lowest BCUT2D eigenvalue weighted by molar-refractivity contribution is -0.137. The van der Waals surface area contributed by atoms with Crippen molar-refractivity contribution in [3.8, 4) is 0 Å². The highest BCUT2D eigenvalue weighted by Crippen LogP contribution is 2.29. The fourth-order valence-electron chi connectivity index (χ4n) is 1.01. The Balaban J connectivity index is 2.79. The number of oxime groups is 1. The van der Waals surface area contributed by atoms with Gasteiger partial charge in [0.05, 0.1) is 11.8 Å². The molecule has 0 N–H and O–H groups in total. The van der Waals surface area contributed by atoms with Crippen LogP contribution < -0.4 is 0 Å². The average Bonchev–Trinajstić information content (AvgIpc) is 2.16. The summed E-state index contributed by atoms with van der Waals surface area (Å²) in [6.45, 7) is 3.56. The van der Waals surface area contributed by atoms with E-state index in [0.717, 1.165) is 12.1 Å². The van der Waals surface area contributed by atoms with E-state index in [1.165, 1.54) is 18.3 Å². The summed E-state index contributed by atoms with van der Waals surface area (Å²) >= 11 is 0. The molecule has 16 heavy (non-hydrogen) atoms. The standard InChI is InChI=1S/C11H12F3NO/c1-8(2)16-15-7-9-4-3-5-10(6-9)11(12,13)14/h3-8H,1-2H3. The molecule has 0 bridgehead atoms. The molecule has 0 spiro atoms. The van der Waals surface area contributed by atoms with Crippen molar-refractivity contribution >= 4 is 6.21 Å². The molecule has 2 nitrogen and oxygen atoms in total. The third kappa shape index (κ3) is 3.92.